The van der Waals surface area contributed by atoms with Crippen LogP contribution in [0.25, 0.3) is 0 Å². The minimum Gasteiger partial charge on any atom is -0.495 e. The van der Waals surface area contributed by atoms with Crippen LogP contribution in [0, 0.1) is 0 Å². The van der Waals surface area contributed by atoms with E-state index in [0.717, 1.165) is 38.3 Å². The van der Waals surface area contributed by atoms with Crippen LogP contribution in [0.5, 0.6) is 5.75 Å². The van der Waals surface area contributed by atoms with Gasteiger partial charge in [0.2, 0.25) is 0 Å². The Morgan fingerprint density at radius 2 is 2.00 bits per heavy atom. The number of para-hydroxylation sites is 2. The summed E-state index contributed by atoms with van der Waals surface area (Å²) in [5, 5.41) is 0. The van der Waals surface area contributed by atoms with Crippen LogP contribution in [0.15, 0.2) is 29.8 Å². The van der Waals surface area contributed by atoms with Gasteiger partial charge in [-0.3, -0.25) is 9.80 Å². The molecule has 1 aromatic heterocycles. The molecule has 0 bridgehead atoms. The number of aryl methyl sites for hydroxylation is 1. The van der Waals surface area contributed by atoms with Gasteiger partial charge in [-0.1, -0.05) is 19.1 Å². The number of anilines is 1. The van der Waals surface area contributed by atoms with Crippen LogP contribution in [0.2, 0.25) is 0 Å². The summed E-state index contributed by atoms with van der Waals surface area (Å²) in [6, 6.07) is 9.07. The SMILES string of the molecule is CCCN(CCN1CCN(c2ccccc2OC)CC1)[C@@H]1CCc2ncsc2C1. The van der Waals surface area contributed by atoms with Crippen molar-refractivity contribution in [3.05, 3.63) is 40.3 Å². The summed E-state index contributed by atoms with van der Waals surface area (Å²) < 4.78 is 5.55. The van der Waals surface area contributed by atoms with Gasteiger partial charge in [-0.15, -0.1) is 11.3 Å². The van der Waals surface area contributed by atoms with E-state index in [1.165, 1.54) is 55.2 Å². The first-order valence-corrected chi connectivity index (χ1v) is 11.9. The maximum atomic E-state index is 5.55. The Kier molecular flexibility index (Phi) is 7.06. The van der Waals surface area contributed by atoms with Crippen molar-refractivity contribution in [2.45, 2.75) is 38.6 Å². The molecule has 1 saturated heterocycles. The smallest absolute Gasteiger partial charge is 0.142 e. The molecule has 2 aliphatic rings. The molecule has 29 heavy (non-hydrogen) atoms. The fourth-order valence-corrected chi connectivity index (χ4v) is 5.62. The van der Waals surface area contributed by atoms with Gasteiger partial charge >= 0.3 is 0 Å². The minimum atomic E-state index is 0.692. The van der Waals surface area contributed by atoms with E-state index >= 15 is 0 Å². The fourth-order valence-electron chi connectivity index (χ4n) is 4.73. The van der Waals surface area contributed by atoms with Crippen molar-refractivity contribution in [3.8, 4) is 5.75 Å². The van der Waals surface area contributed by atoms with Gasteiger partial charge in [-0.25, -0.2) is 4.98 Å². The average Bonchev–Trinajstić information content (AvgIpc) is 3.25. The summed E-state index contributed by atoms with van der Waals surface area (Å²) in [5.41, 5.74) is 4.61. The molecular formula is C23H34N4OS. The highest BCUT2D eigenvalue weighted by molar-refractivity contribution is 7.09. The number of piperazine rings is 1. The van der Waals surface area contributed by atoms with Gasteiger partial charge in [-0.05, 0) is 44.4 Å². The normalized spacial score (nSPS) is 20.1. The van der Waals surface area contributed by atoms with Crippen molar-refractivity contribution < 1.29 is 4.74 Å². The van der Waals surface area contributed by atoms with Crippen LogP contribution in [-0.4, -0.2) is 73.7 Å². The van der Waals surface area contributed by atoms with E-state index in [1.54, 1.807) is 7.11 Å². The molecule has 1 atom stereocenters. The van der Waals surface area contributed by atoms with Crippen LogP contribution >= 0.6 is 11.3 Å². The van der Waals surface area contributed by atoms with Gasteiger partial charge < -0.3 is 9.64 Å². The Bertz CT molecular complexity index is 772. The summed E-state index contributed by atoms with van der Waals surface area (Å²) in [6.45, 7) is 10.3. The predicted molar refractivity (Wildman–Crippen MR) is 121 cm³/mol. The second kappa shape index (κ2) is 9.92. The van der Waals surface area contributed by atoms with E-state index in [-0.39, 0.29) is 0 Å². The third-order valence-corrected chi connectivity index (χ3v) is 7.29. The minimum absolute atomic E-state index is 0.692. The first kappa shape index (κ1) is 20.6. The maximum Gasteiger partial charge on any atom is 0.142 e. The van der Waals surface area contributed by atoms with Crippen molar-refractivity contribution in [2.24, 2.45) is 0 Å². The number of hydrogen-bond acceptors (Lipinski definition) is 6. The van der Waals surface area contributed by atoms with E-state index in [9.17, 15) is 0 Å². The molecule has 0 amide bonds. The van der Waals surface area contributed by atoms with E-state index in [1.807, 2.05) is 22.9 Å². The Hall–Kier alpha value is -1.63. The number of aromatic nitrogens is 1. The standard InChI is InChI=1S/C23H34N4OS/c1-3-10-26(19-8-9-20-23(17-19)29-18-24-20)14-11-25-12-15-27(16-13-25)21-6-4-5-7-22(21)28-2/h4-7,18-19H,3,8-17H2,1-2H3/t19-/m1/s1. The third kappa shape index (κ3) is 4.93. The highest BCUT2D eigenvalue weighted by atomic mass is 32.1. The topological polar surface area (TPSA) is 31.8 Å². The largest absolute Gasteiger partial charge is 0.495 e. The lowest BCUT2D eigenvalue weighted by atomic mass is 9.96. The van der Waals surface area contributed by atoms with E-state index in [0.29, 0.717) is 6.04 Å². The number of benzene rings is 1. The van der Waals surface area contributed by atoms with E-state index < -0.39 is 0 Å². The van der Waals surface area contributed by atoms with Gasteiger partial charge in [0.1, 0.15) is 5.75 Å². The molecule has 0 spiro atoms. The molecule has 1 fully saturated rings. The third-order valence-electron chi connectivity index (χ3n) is 6.39. The van der Waals surface area contributed by atoms with Crippen LogP contribution < -0.4 is 9.64 Å². The van der Waals surface area contributed by atoms with Crippen LogP contribution in [0.4, 0.5) is 5.69 Å². The van der Waals surface area contributed by atoms with Crippen LogP contribution in [0.3, 0.4) is 0 Å². The molecule has 6 heteroatoms. The van der Waals surface area contributed by atoms with Crippen molar-refractivity contribution >= 4 is 17.0 Å². The number of nitrogens with zero attached hydrogens (tertiary/aromatic N) is 4. The van der Waals surface area contributed by atoms with Crippen LogP contribution in [-0.2, 0) is 12.8 Å². The number of fused-ring (bicyclic) bond motifs is 1. The lowest BCUT2D eigenvalue weighted by Crippen LogP contribution is -2.50. The first-order chi connectivity index (χ1) is 14.3. The van der Waals surface area contributed by atoms with Gasteiger partial charge in [0.15, 0.2) is 0 Å². The number of hydrogen-bond donors (Lipinski definition) is 0. The Balaban J connectivity index is 1.28. The Morgan fingerprint density at radius 3 is 2.79 bits per heavy atom. The summed E-state index contributed by atoms with van der Waals surface area (Å²) in [6.07, 6.45) is 4.84. The van der Waals surface area contributed by atoms with Crippen LogP contribution in [0.1, 0.15) is 30.3 Å². The van der Waals surface area contributed by atoms with Crippen molar-refractivity contribution in [1.29, 1.82) is 0 Å². The molecule has 0 saturated carbocycles. The molecule has 0 N–H and O–H groups in total. The lowest BCUT2D eigenvalue weighted by Gasteiger charge is -2.39. The molecule has 4 rings (SSSR count). The van der Waals surface area contributed by atoms with Gasteiger partial charge in [-0.2, -0.15) is 0 Å². The Morgan fingerprint density at radius 1 is 1.17 bits per heavy atom. The van der Waals surface area contributed by atoms with Gasteiger partial charge in [0, 0.05) is 50.2 Å². The molecule has 158 valence electrons. The highest BCUT2D eigenvalue weighted by Gasteiger charge is 2.26. The van der Waals surface area contributed by atoms with E-state index in [2.05, 4.69) is 44.8 Å². The lowest BCUT2D eigenvalue weighted by molar-refractivity contribution is 0.146. The van der Waals surface area contributed by atoms with Crippen molar-refractivity contribution in [3.63, 3.8) is 0 Å². The Labute approximate surface area is 179 Å². The van der Waals surface area contributed by atoms with Gasteiger partial charge in [0.25, 0.3) is 0 Å². The number of rotatable bonds is 8. The predicted octanol–water partition coefficient (Wildman–Crippen LogP) is 3.54. The van der Waals surface area contributed by atoms with Gasteiger partial charge in [0.05, 0.1) is 24.0 Å². The average molecular weight is 415 g/mol. The highest BCUT2D eigenvalue weighted by Crippen LogP contribution is 2.29. The molecule has 1 aromatic carbocycles. The molecule has 1 aliphatic heterocycles. The zero-order valence-electron chi connectivity index (χ0n) is 17.8. The molecule has 0 unspecified atom stereocenters. The number of methoxy groups -OCH3 is 1. The number of ether oxygens (including phenoxy) is 1. The van der Waals surface area contributed by atoms with Crippen molar-refractivity contribution in [2.75, 3.05) is 57.8 Å². The monoisotopic (exact) mass is 414 g/mol. The zero-order valence-corrected chi connectivity index (χ0v) is 18.7. The summed E-state index contributed by atoms with van der Waals surface area (Å²) >= 11 is 1.85. The molecule has 1 aliphatic carbocycles. The molecule has 0 radical (unpaired) electrons. The molecule has 2 aromatic rings. The second-order valence-electron chi connectivity index (χ2n) is 8.16. The summed E-state index contributed by atoms with van der Waals surface area (Å²) in [7, 11) is 1.76. The summed E-state index contributed by atoms with van der Waals surface area (Å²) in [5.74, 6) is 0.981. The quantitative estimate of drug-likeness (QED) is 0.660. The maximum absolute atomic E-state index is 5.55. The number of thiazole rings is 1. The van der Waals surface area contributed by atoms with Crippen molar-refractivity contribution in [1.82, 2.24) is 14.8 Å². The first-order valence-electron chi connectivity index (χ1n) is 11.0. The zero-order chi connectivity index (χ0) is 20.1. The molecule has 5 nitrogen and oxygen atoms in total. The summed E-state index contributed by atoms with van der Waals surface area (Å²) in [4.78, 5) is 13.9. The molecule has 2 heterocycles. The molecular weight excluding hydrogens is 380 g/mol. The van der Waals surface area contributed by atoms with E-state index in [4.69, 9.17) is 4.74 Å². The fraction of sp³-hybridized carbons (Fsp3) is 0.609. The second-order valence-corrected chi connectivity index (χ2v) is 9.09.